The molecule has 0 spiro atoms. The summed E-state index contributed by atoms with van der Waals surface area (Å²) in [5.74, 6) is -0.890. The third-order valence-electron chi connectivity index (χ3n) is 4.98. The average Bonchev–Trinajstić information content (AvgIpc) is 3.18. The number of primary amides is 1. The molecule has 0 aliphatic carbocycles. The van der Waals surface area contributed by atoms with Crippen molar-refractivity contribution < 1.29 is 13.7 Å². The number of likely N-dealkylation sites (tertiary alicyclic amines) is 1. The highest BCUT2D eigenvalue weighted by atomic mass is 35.5. The summed E-state index contributed by atoms with van der Waals surface area (Å²) in [6, 6.07) is 5.89. The normalized spacial score (nSPS) is 22.2. The number of halogens is 2. The first-order chi connectivity index (χ1) is 11.9. The largest absolute Gasteiger partial charge is 0.369 e. The Hall–Kier alpha value is -1.57. The number of nitrogens with zero attached hydrogens (tertiary/aromatic N) is 2. The molecule has 1 saturated heterocycles. The number of benzene rings is 1. The highest BCUT2D eigenvalue weighted by molar-refractivity contribution is 7.80. The molecule has 1 amide bonds. The highest BCUT2D eigenvalue weighted by Crippen LogP contribution is 2.45. The van der Waals surface area contributed by atoms with E-state index in [2.05, 4.69) is 22.7 Å². The molecule has 1 fully saturated rings. The Balaban J connectivity index is 2.09. The molecule has 2 atom stereocenters. The van der Waals surface area contributed by atoms with E-state index in [9.17, 15) is 9.18 Å². The van der Waals surface area contributed by atoms with E-state index in [0.29, 0.717) is 17.1 Å². The summed E-state index contributed by atoms with van der Waals surface area (Å²) in [6.07, 6.45) is 1.59. The summed E-state index contributed by atoms with van der Waals surface area (Å²) in [6.45, 7) is 0.797. The first-order valence-electron chi connectivity index (χ1n) is 7.94. The molecule has 0 bridgehead atoms. The van der Waals surface area contributed by atoms with Crippen LogP contribution in [0.2, 0.25) is 5.02 Å². The van der Waals surface area contributed by atoms with Crippen LogP contribution in [-0.2, 0) is 10.3 Å². The van der Waals surface area contributed by atoms with Gasteiger partial charge in [0.15, 0.2) is 5.76 Å². The van der Waals surface area contributed by atoms with Crippen molar-refractivity contribution in [1.82, 2.24) is 10.1 Å². The second kappa shape index (κ2) is 6.97. The molecule has 1 aromatic heterocycles. The zero-order valence-electron chi connectivity index (χ0n) is 13.7. The zero-order valence-corrected chi connectivity index (χ0v) is 15.4. The number of carbonyl (C=O) groups is 1. The Morgan fingerprint density at radius 3 is 2.92 bits per heavy atom. The van der Waals surface area contributed by atoms with Crippen LogP contribution in [0.3, 0.4) is 0 Å². The summed E-state index contributed by atoms with van der Waals surface area (Å²) < 4.78 is 19.5. The monoisotopic (exact) mass is 383 g/mol. The number of amides is 1. The molecule has 1 aliphatic rings. The van der Waals surface area contributed by atoms with Crippen LogP contribution in [0, 0.1) is 11.7 Å². The van der Waals surface area contributed by atoms with Crippen molar-refractivity contribution in [1.29, 1.82) is 0 Å². The van der Waals surface area contributed by atoms with Gasteiger partial charge in [-0.05, 0) is 44.6 Å². The number of aromatic nitrogens is 1. The molecule has 3 rings (SSSR count). The zero-order chi connectivity index (χ0) is 18.2. The maximum atomic E-state index is 14.1. The minimum Gasteiger partial charge on any atom is -0.369 e. The van der Waals surface area contributed by atoms with E-state index in [4.69, 9.17) is 21.9 Å². The number of carbonyl (C=O) groups excluding carboxylic acids is 1. The number of thiol groups is 1. The van der Waals surface area contributed by atoms with Gasteiger partial charge in [-0.3, -0.25) is 9.69 Å². The highest BCUT2D eigenvalue weighted by Gasteiger charge is 2.50. The van der Waals surface area contributed by atoms with Crippen molar-refractivity contribution in [3.8, 4) is 11.3 Å². The van der Waals surface area contributed by atoms with Crippen LogP contribution in [0.25, 0.3) is 11.3 Å². The fraction of sp³-hybridized carbons (Fsp3) is 0.412. The molecule has 0 saturated carbocycles. The van der Waals surface area contributed by atoms with E-state index in [1.807, 2.05) is 7.05 Å². The first kappa shape index (κ1) is 18.2. The molecule has 2 N–H and O–H groups in total. The van der Waals surface area contributed by atoms with Crippen molar-refractivity contribution in [3.63, 3.8) is 0 Å². The second-order valence-electron chi connectivity index (χ2n) is 6.29. The van der Waals surface area contributed by atoms with Crippen LogP contribution in [0.15, 0.2) is 28.8 Å². The van der Waals surface area contributed by atoms with Gasteiger partial charge in [-0.2, -0.15) is 12.6 Å². The van der Waals surface area contributed by atoms with Crippen molar-refractivity contribution in [2.75, 3.05) is 19.3 Å². The van der Waals surface area contributed by atoms with Crippen LogP contribution >= 0.6 is 24.2 Å². The Labute approximate surface area is 155 Å². The van der Waals surface area contributed by atoms with E-state index < -0.39 is 23.2 Å². The average molecular weight is 384 g/mol. The van der Waals surface area contributed by atoms with Crippen molar-refractivity contribution >= 4 is 30.1 Å². The third-order valence-corrected chi connectivity index (χ3v) is 5.58. The van der Waals surface area contributed by atoms with Gasteiger partial charge in [0.25, 0.3) is 0 Å². The molecule has 1 aliphatic heterocycles. The van der Waals surface area contributed by atoms with Crippen LogP contribution < -0.4 is 5.73 Å². The molecule has 134 valence electrons. The predicted octanol–water partition coefficient (Wildman–Crippen LogP) is 3.09. The molecule has 25 heavy (non-hydrogen) atoms. The molecular weight excluding hydrogens is 365 g/mol. The summed E-state index contributed by atoms with van der Waals surface area (Å²) >= 11 is 10.3. The molecular formula is C17H19ClFN3O2S. The summed E-state index contributed by atoms with van der Waals surface area (Å²) in [5, 5.41) is 4.55. The van der Waals surface area contributed by atoms with E-state index >= 15 is 0 Å². The lowest BCUT2D eigenvalue weighted by molar-refractivity contribution is -0.125. The molecule has 2 heterocycles. The lowest BCUT2D eigenvalue weighted by atomic mass is 9.79. The Morgan fingerprint density at radius 2 is 2.32 bits per heavy atom. The van der Waals surface area contributed by atoms with Crippen LogP contribution in [0.1, 0.15) is 18.5 Å². The smallest absolute Gasteiger partial charge is 0.223 e. The Morgan fingerprint density at radius 1 is 1.56 bits per heavy atom. The minimum atomic E-state index is -0.704. The van der Waals surface area contributed by atoms with Gasteiger partial charge in [-0.1, -0.05) is 16.8 Å². The third kappa shape index (κ3) is 3.05. The molecule has 2 aromatic rings. The van der Waals surface area contributed by atoms with Crippen molar-refractivity contribution in [2.45, 2.75) is 18.4 Å². The summed E-state index contributed by atoms with van der Waals surface area (Å²) in [7, 11) is 1.92. The van der Waals surface area contributed by atoms with Gasteiger partial charge in [0.2, 0.25) is 5.91 Å². The fourth-order valence-corrected chi connectivity index (χ4v) is 4.34. The molecule has 5 nitrogen and oxygen atoms in total. The molecule has 0 radical (unpaired) electrons. The van der Waals surface area contributed by atoms with Crippen molar-refractivity contribution in [2.24, 2.45) is 11.7 Å². The lowest BCUT2D eigenvalue weighted by Crippen LogP contribution is -2.51. The van der Waals surface area contributed by atoms with Crippen LogP contribution in [0.4, 0.5) is 4.39 Å². The SMILES string of the molecule is CN1CCC[C@]1(c1cc(-c2cc(Cl)ccc2F)on1)C(CS)C(N)=O. The number of nitrogens with two attached hydrogens (primary N) is 1. The quantitative estimate of drug-likeness (QED) is 0.778. The summed E-state index contributed by atoms with van der Waals surface area (Å²) in [4.78, 5) is 14.1. The van der Waals surface area contributed by atoms with Gasteiger partial charge >= 0.3 is 0 Å². The standard InChI is InChI=1S/C17H19ClFN3O2S/c1-22-6-2-5-17(22,12(9-25)16(20)23)15-8-14(24-21-15)11-7-10(18)3-4-13(11)19/h3-4,7-8,12,25H,2,5-6,9H2,1H3,(H2,20,23)/t12?,17-/m1/s1. The maximum absolute atomic E-state index is 14.1. The maximum Gasteiger partial charge on any atom is 0.223 e. The van der Waals surface area contributed by atoms with Gasteiger partial charge in [-0.15, -0.1) is 0 Å². The second-order valence-corrected chi connectivity index (χ2v) is 7.09. The molecule has 8 heteroatoms. The molecule has 1 aromatic carbocycles. The minimum absolute atomic E-state index is 0.226. The van der Waals surface area contributed by atoms with Gasteiger partial charge < -0.3 is 10.3 Å². The Kier molecular flexibility index (Phi) is 5.09. The number of rotatable bonds is 5. The van der Waals surface area contributed by atoms with E-state index in [1.165, 1.54) is 18.2 Å². The first-order valence-corrected chi connectivity index (χ1v) is 8.95. The lowest BCUT2D eigenvalue weighted by Gasteiger charge is -2.39. The van der Waals surface area contributed by atoms with E-state index in [1.54, 1.807) is 6.07 Å². The fourth-order valence-electron chi connectivity index (χ4n) is 3.69. The van der Waals surface area contributed by atoms with Crippen molar-refractivity contribution in [3.05, 3.63) is 40.8 Å². The van der Waals surface area contributed by atoms with Gasteiger partial charge in [0.1, 0.15) is 11.5 Å². The van der Waals surface area contributed by atoms with Gasteiger partial charge in [-0.25, -0.2) is 4.39 Å². The Bertz CT molecular complexity index is 800. The summed E-state index contributed by atoms with van der Waals surface area (Å²) in [5.41, 5.74) is 5.70. The molecule has 1 unspecified atom stereocenters. The van der Waals surface area contributed by atoms with Gasteiger partial charge in [0.05, 0.1) is 17.0 Å². The van der Waals surface area contributed by atoms with Gasteiger partial charge in [0, 0.05) is 16.8 Å². The topological polar surface area (TPSA) is 72.4 Å². The van der Waals surface area contributed by atoms with E-state index in [0.717, 1.165) is 13.0 Å². The predicted molar refractivity (Wildman–Crippen MR) is 97.0 cm³/mol. The van der Waals surface area contributed by atoms with Crippen LogP contribution in [0.5, 0.6) is 0 Å². The number of hydrogen-bond donors (Lipinski definition) is 2. The number of hydrogen-bond acceptors (Lipinski definition) is 5. The van der Waals surface area contributed by atoms with E-state index in [-0.39, 0.29) is 17.1 Å². The van der Waals surface area contributed by atoms with Crippen LogP contribution in [-0.4, -0.2) is 35.3 Å².